The number of anilines is 2. The molecular formula is C25H25ClN2O4S. The quantitative estimate of drug-likeness (QED) is 0.474. The van der Waals surface area contributed by atoms with Crippen molar-refractivity contribution in [1.82, 2.24) is 0 Å². The molecule has 1 aliphatic carbocycles. The van der Waals surface area contributed by atoms with Crippen LogP contribution in [0.5, 0.6) is 5.75 Å². The van der Waals surface area contributed by atoms with Crippen molar-refractivity contribution in [2.75, 3.05) is 23.3 Å². The molecule has 1 saturated carbocycles. The third kappa shape index (κ3) is 4.43. The fourth-order valence-corrected chi connectivity index (χ4v) is 5.65. The van der Waals surface area contributed by atoms with Crippen LogP contribution < -0.4 is 14.4 Å². The van der Waals surface area contributed by atoms with E-state index in [4.69, 9.17) is 16.3 Å². The first-order valence-electron chi connectivity index (χ1n) is 10.6. The van der Waals surface area contributed by atoms with E-state index in [9.17, 15) is 13.2 Å². The van der Waals surface area contributed by atoms with Crippen LogP contribution in [0.15, 0.2) is 77.7 Å². The van der Waals surface area contributed by atoms with Crippen LogP contribution in [0.2, 0.25) is 5.02 Å². The highest BCUT2D eigenvalue weighted by molar-refractivity contribution is 7.92. The van der Waals surface area contributed by atoms with Crippen molar-refractivity contribution in [1.29, 1.82) is 0 Å². The lowest BCUT2D eigenvalue weighted by Crippen LogP contribution is -2.31. The number of hydrogen-bond donors (Lipinski definition) is 1. The Morgan fingerprint density at radius 3 is 2.39 bits per heavy atom. The van der Waals surface area contributed by atoms with Gasteiger partial charge in [0, 0.05) is 11.6 Å². The molecule has 0 unspecified atom stereocenters. The smallest absolute Gasteiger partial charge is 0.264 e. The van der Waals surface area contributed by atoms with Crippen molar-refractivity contribution in [2.45, 2.75) is 30.1 Å². The number of hydrogen-bond acceptors (Lipinski definition) is 4. The SMILES string of the molecule is CCN(c1ccccc1)S(=O)(=O)c1ccc(OC)c(NC(=O)C2(c3cccc(Cl)c3)CC2)c1. The average molecular weight is 485 g/mol. The van der Waals surface area contributed by atoms with Crippen LogP contribution in [0, 0.1) is 0 Å². The van der Waals surface area contributed by atoms with Gasteiger partial charge in [-0.05, 0) is 67.8 Å². The molecule has 3 aromatic rings. The fourth-order valence-electron chi connectivity index (χ4n) is 3.96. The Hall–Kier alpha value is -3.03. The van der Waals surface area contributed by atoms with Crippen molar-refractivity contribution in [3.8, 4) is 5.75 Å². The number of sulfonamides is 1. The predicted octanol–water partition coefficient (Wildman–Crippen LogP) is 5.23. The first kappa shape index (κ1) is 23.1. The van der Waals surface area contributed by atoms with E-state index in [0.29, 0.717) is 35.0 Å². The molecule has 0 saturated heterocycles. The third-order valence-corrected chi connectivity index (χ3v) is 8.03. The highest BCUT2D eigenvalue weighted by atomic mass is 35.5. The lowest BCUT2D eigenvalue weighted by atomic mass is 9.95. The van der Waals surface area contributed by atoms with Gasteiger partial charge in [-0.15, -0.1) is 0 Å². The van der Waals surface area contributed by atoms with Gasteiger partial charge in [-0.25, -0.2) is 8.42 Å². The number of amides is 1. The Balaban J connectivity index is 1.67. The van der Waals surface area contributed by atoms with Gasteiger partial charge in [-0.2, -0.15) is 0 Å². The molecule has 0 radical (unpaired) electrons. The zero-order valence-corrected chi connectivity index (χ0v) is 20.0. The van der Waals surface area contributed by atoms with Crippen molar-refractivity contribution in [3.63, 3.8) is 0 Å². The van der Waals surface area contributed by atoms with Crippen LogP contribution in [-0.2, 0) is 20.2 Å². The van der Waals surface area contributed by atoms with Crippen LogP contribution in [0.3, 0.4) is 0 Å². The molecule has 4 rings (SSSR count). The van der Waals surface area contributed by atoms with Crippen LogP contribution in [0.1, 0.15) is 25.3 Å². The van der Waals surface area contributed by atoms with Gasteiger partial charge in [0.15, 0.2) is 0 Å². The Morgan fingerprint density at radius 2 is 1.79 bits per heavy atom. The molecule has 0 spiro atoms. The first-order valence-corrected chi connectivity index (χ1v) is 12.5. The normalized spacial score (nSPS) is 14.4. The molecule has 8 heteroatoms. The van der Waals surface area contributed by atoms with E-state index in [2.05, 4.69) is 5.32 Å². The topological polar surface area (TPSA) is 75.7 Å². The maximum absolute atomic E-state index is 13.4. The molecule has 33 heavy (non-hydrogen) atoms. The number of carbonyl (C=O) groups excluding carboxylic acids is 1. The van der Waals surface area contributed by atoms with E-state index in [0.717, 1.165) is 5.56 Å². The Kier molecular flexibility index (Phi) is 6.36. The molecule has 0 heterocycles. The highest BCUT2D eigenvalue weighted by Crippen LogP contribution is 2.49. The number of rotatable bonds is 8. The van der Waals surface area contributed by atoms with Gasteiger partial charge < -0.3 is 10.1 Å². The largest absolute Gasteiger partial charge is 0.495 e. The third-order valence-electron chi connectivity index (χ3n) is 5.90. The molecule has 0 atom stereocenters. The lowest BCUT2D eigenvalue weighted by molar-refractivity contribution is -0.118. The molecule has 1 amide bonds. The van der Waals surface area contributed by atoms with Crippen molar-refractivity contribution >= 4 is 38.9 Å². The lowest BCUT2D eigenvalue weighted by Gasteiger charge is -2.24. The van der Waals surface area contributed by atoms with Gasteiger partial charge in [0.1, 0.15) is 5.75 Å². The molecule has 1 N–H and O–H groups in total. The Labute approximate surface area is 199 Å². The second-order valence-electron chi connectivity index (χ2n) is 7.91. The summed E-state index contributed by atoms with van der Waals surface area (Å²) >= 11 is 6.13. The molecular weight excluding hydrogens is 460 g/mol. The first-order chi connectivity index (χ1) is 15.8. The molecule has 0 aliphatic heterocycles. The Bertz CT molecular complexity index is 1270. The standard InChI is InChI=1S/C25H25ClN2O4S/c1-3-28(20-10-5-4-6-11-20)33(30,31)21-12-13-23(32-2)22(17-21)27-24(29)25(14-15-25)18-8-7-9-19(26)16-18/h4-13,16-17H,3,14-15H2,1-2H3,(H,27,29). The minimum Gasteiger partial charge on any atom is -0.495 e. The van der Waals surface area contributed by atoms with Crippen molar-refractivity contribution < 1.29 is 17.9 Å². The van der Waals surface area contributed by atoms with E-state index < -0.39 is 15.4 Å². The van der Waals surface area contributed by atoms with E-state index in [1.807, 2.05) is 18.2 Å². The average Bonchev–Trinajstić information content (AvgIpc) is 3.62. The van der Waals surface area contributed by atoms with Crippen LogP contribution >= 0.6 is 11.6 Å². The summed E-state index contributed by atoms with van der Waals surface area (Å²) in [4.78, 5) is 13.3. The zero-order chi connectivity index (χ0) is 23.6. The number of nitrogens with zero attached hydrogens (tertiary/aromatic N) is 1. The van der Waals surface area contributed by atoms with Gasteiger partial charge in [-0.1, -0.05) is 41.9 Å². The maximum atomic E-state index is 13.4. The summed E-state index contributed by atoms with van der Waals surface area (Å²) in [7, 11) is -2.38. The zero-order valence-electron chi connectivity index (χ0n) is 18.4. The second kappa shape index (κ2) is 9.08. The van der Waals surface area contributed by atoms with E-state index >= 15 is 0 Å². The highest BCUT2D eigenvalue weighted by Gasteiger charge is 2.51. The van der Waals surface area contributed by atoms with Gasteiger partial charge in [-0.3, -0.25) is 9.10 Å². The molecule has 6 nitrogen and oxygen atoms in total. The fraction of sp³-hybridized carbons (Fsp3) is 0.240. The van der Waals surface area contributed by atoms with E-state index in [1.54, 1.807) is 49.4 Å². The summed E-state index contributed by atoms with van der Waals surface area (Å²) in [5.74, 6) is 0.167. The Morgan fingerprint density at radius 1 is 1.06 bits per heavy atom. The minimum atomic E-state index is -3.86. The van der Waals surface area contributed by atoms with Gasteiger partial charge >= 0.3 is 0 Å². The number of halogens is 1. The predicted molar refractivity (Wildman–Crippen MR) is 131 cm³/mol. The molecule has 0 aromatic heterocycles. The molecule has 3 aromatic carbocycles. The molecule has 1 fully saturated rings. The summed E-state index contributed by atoms with van der Waals surface area (Å²) in [5, 5.41) is 3.47. The summed E-state index contributed by atoms with van der Waals surface area (Å²) in [5.41, 5.74) is 1.04. The molecule has 172 valence electrons. The van der Waals surface area contributed by atoms with Crippen LogP contribution in [0.4, 0.5) is 11.4 Å². The van der Waals surface area contributed by atoms with E-state index in [-0.39, 0.29) is 17.3 Å². The molecule has 0 bridgehead atoms. The summed E-state index contributed by atoms with van der Waals surface area (Å²) in [6.45, 7) is 2.04. The van der Waals surface area contributed by atoms with Gasteiger partial charge in [0.25, 0.3) is 10.0 Å². The number of benzene rings is 3. The van der Waals surface area contributed by atoms with Crippen molar-refractivity contribution in [3.05, 3.63) is 83.4 Å². The van der Waals surface area contributed by atoms with E-state index in [1.165, 1.54) is 23.5 Å². The number of methoxy groups -OCH3 is 1. The summed E-state index contributed by atoms with van der Waals surface area (Å²) in [6.07, 6.45) is 1.38. The summed E-state index contributed by atoms with van der Waals surface area (Å²) < 4.78 is 33.6. The van der Waals surface area contributed by atoms with Crippen LogP contribution in [-0.4, -0.2) is 28.0 Å². The minimum absolute atomic E-state index is 0.0666. The number of carbonyl (C=O) groups is 1. The van der Waals surface area contributed by atoms with Crippen molar-refractivity contribution in [2.24, 2.45) is 0 Å². The molecule has 1 aliphatic rings. The number of ether oxygens (including phenoxy) is 1. The number of para-hydroxylation sites is 1. The summed E-state index contributed by atoms with van der Waals surface area (Å²) in [6, 6.07) is 20.7. The van der Waals surface area contributed by atoms with Gasteiger partial charge in [0.2, 0.25) is 5.91 Å². The van der Waals surface area contributed by atoms with Crippen LogP contribution in [0.25, 0.3) is 0 Å². The van der Waals surface area contributed by atoms with Gasteiger partial charge in [0.05, 0.1) is 28.8 Å². The monoisotopic (exact) mass is 484 g/mol. The maximum Gasteiger partial charge on any atom is 0.264 e. The number of nitrogens with one attached hydrogen (secondary N) is 1. The second-order valence-corrected chi connectivity index (χ2v) is 10.2.